The second-order valence-electron chi connectivity index (χ2n) is 1.66. The van der Waals surface area contributed by atoms with Crippen LogP contribution in [0.25, 0.3) is 0 Å². The molecule has 1 fully saturated rings. The maximum absolute atomic E-state index is 8.01. The van der Waals surface area contributed by atoms with Crippen LogP contribution in [-0.4, -0.2) is 15.6 Å². The molecular formula is C3H4Cl2O3. The van der Waals surface area contributed by atoms with Crippen molar-refractivity contribution in [2.24, 2.45) is 0 Å². The highest BCUT2D eigenvalue weighted by atomic mass is 35.5. The van der Waals surface area contributed by atoms with E-state index in [1.165, 1.54) is 6.92 Å². The maximum Gasteiger partial charge on any atom is 0.278 e. The van der Waals surface area contributed by atoms with Gasteiger partial charge in [0, 0.05) is 0 Å². The summed E-state index contributed by atoms with van der Waals surface area (Å²) < 4.78 is 3.13. The molecule has 0 aliphatic carbocycles. The van der Waals surface area contributed by atoms with E-state index >= 15 is 0 Å². The summed E-state index contributed by atoms with van der Waals surface area (Å²) in [4.78, 5) is 3.78. The van der Waals surface area contributed by atoms with E-state index in [-0.39, 0.29) is 0 Å². The van der Waals surface area contributed by atoms with Crippen molar-refractivity contribution in [2.45, 2.75) is 17.2 Å². The van der Waals surface area contributed by atoms with Crippen molar-refractivity contribution >= 4 is 23.2 Å². The van der Waals surface area contributed by atoms with Crippen LogP contribution in [0, 0.1) is 0 Å². The van der Waals surface area contributed by atoms with E-state index < -0.39 is 10.3 Å². The van der Waals surface area contributed by atoms with Gasteiger partial charge in [0.1, 0.15) is 0 Å². The number of halogens is 2. The average Bonchev–Trinajstić information content (AvgIpc) is 2.10. The number of alkyl halides is 2. The van der Waals surface area contributed by atoms with E-state index in [4.69, 9.17) is 28.5 Å². The predicted octanol–water partition coefficient (Wildman–Crippen LogP) is 1.35. The summed E-state index contributed by atoms with van der Waals surface area (Å²) in [6.07, 6.45) is 0. The van der Waals surface area contributed by atoms with Gasteiger partial charge in [0.15, 0.2) is 0 Å². The first-order chi connectivity index (χ1) is 3.52. The Labute approximate surface area is 56.0 Å². The number of hydrogen-bond acceptors (Lipinski definition) is 3. The Balaban J connectivity index is 2.55. The average molecular weight is 159 g/mol. The second kappa shape index (κ2) is 1.49. The van der Waals surface area contributed by atoms with Crippen molar-refractivity contribution in [3.63, 3.8) is 0 Å². The molecule has 1 aliphatic heterocycles. The van der Waals surface area contributed by atoms with Gasteiger partial charge in [-0.25, -0.2) is 5.26 Å². The minimum Gasteiger partial charge on any atom is -0.302 e. The molecule has 3 nitrogen and oxygen atoms in total. The number of ether oxygens (including phenoxy) is 1. The summed E-state index contributed by atoms with van der Waals surface area (Å²) in [5.74, 6) is -1.23. The Morgan fingerprint density at radius 2 is 2.00 bits per heavy atom. The Morgan fingerprint density at radius 1 is 1.62 bits per heavy atom. The van der Waals surface area contributed by atoms with E-state index in [0.717, 1.165) is 0 Å². The lowest BCUT2D eigenvalue weighted by atomic mass is 10.5. The molecule has 0 radical (unpaired) electrons. The van der Waals surface area contributed by atoms with E-state index in [2.05, 4.69) is 9.62 Å². The van der Waals surface area contributed by atoms with Crippen LogP contribution in [0.2, 0.25) is 0 Å². The smallest absolute Gasteiger partial charge is 0.278 e. The molecular weight excluding hydrogens is 155 g/mol. The highest BCUT2D eigenvalue weighted by Gasteiger charge is 2.69. The van der Waals surface area contributed by atoms with Crippen molar-refractivity contribution in [2.75, 3.05) is 0 Å². The number of rotatable bonds is 1. The Hall–Kier alpha value is 0.460. The molecule has 8 heavy (non-hydrogen) atoms. The lowest BCUT2D eigenvalue weighted by Crippen LogP contribution is -2.14. The summed E-state index contributed by atoms with van der Waals surface area (Å²) in [5.41, 5.74) is 0. The van der Waals surface area contributed by atoms with E-state index in [1.54, 1.807) is 0 Å². The minimum absolute atomic E-state index is 1.23. The Morgan fingerprint density at radius 3 is 2.00 bits per heavy atom. The van der Waals surface area contributed by atoms with Gasteiger partial charge in [-0.1, -0.05) is 23.2 Å². The van der Waals surface area contributed by atoms with Gasteiger partial charge in [0.2, 0.25) is 0 Å². The molecule has 0 saturated carbocycles. The standard InChI is InChI=1S/C3H4Cl2O3/c1-2(8-6)3(4,5)7-2/h6H,1H3. The molecule has 1 saturated heterocycles. The van der Waals surface area contributed by atoms with Gasteiger partial charge in [-0.2, -0.15) is 4.89 Å². The molecule has 1 atom stereocenters. The van der Waals surface area contributed by atoms with Crippen molar-refractivity contribution in [3.05, 3.63) is 0 Å². The lowest BCUT2D eigenvalue weighted by Gasteiger charge is -1.96. The molecule has 1 heterocycles. The first-order valence-corrected chi connectivity index (χ1v) is 2.68. The maximum atomic E-state index is 8.01. The largest absolute Gasteiger partial charge is 0.302 e. The van der Waals surface area contributed by atoms with Crippen LogP contribution in [0.1, 0.15) is 6.92 Å². The van der Waals surface area contributed by atoms with Crippen LogP contribution < -0.4 is 0 Å². The lowest BCUT2D eigenvalue weighted by molar-refractivity contribution is -0.312. The molecule has 1 rings (SSSR count). The van der Waals surface area contributed by atoms with E-state index in [1.807, 2.05) is 0 Å². The van der Waals surface area contributed by atoms with Gasteiger partial charge >= 0.3 is 0 Å². The summed E-state index contributed by atoms with van der Waals surface area (Å²) in [5, 5.41) is 8.01. The molecule has 0 aromatic heterocycles. The number of epoxide rings is 1. The summed E-state index contributed by atoms with van der Waals surface area (Å²) in [6.45, 7) is 1.42. The Bertz CT molecular complexity index is 115. The van der Waals surface area contributed by atoms with Crippen LogP contribution in [-0.2, 0) is 9.62 Å². The Kier molecular flexibility index (Phi) is 1.22. The fraction of sp³-hybridized carbons (Fsp3) is 1.00. The van der Waals surface area contributed by atoms with Crippen molar-refractivity contribution < 1.29 is 14.9 Å². The van der Waals surface area contributed by atoms with Gasteiger partial charge in [-0.05, 0) is 6.92 Å². The van der Waals surface area contributed by atoms with Crippen molar-refractivity contribution in [1.29, 1.82) is 0 Å². The number of hydrogen-bond donors (Lipinski definition) is 1. The van der Waals surface area contributed by atoms with Crippen molar-refractivity contribution in [3.8, 4) is 0 Å². The summed E-state index contributed by atoms with van der Waals surface area (Å²) in [7, 11) is 0. The topological polar surface area (TPSA) is 42.0 Å². The highest BCUT2D eigenvalue weighted by molar-refractivity contribution is 6.49. The third-order valence-corrected chi connectivity index (χ3v) is 1.83. The zero-order valence-corrected chi connectivity index (χ0v) is 5.53. The molecule has 1 aliphatic rings. The fourth-order valence-corrected chi connectivity index (χ4v) is 0.654. The van der Waals surface area contributed by atoms with E-state index in [9.17, 15) is 0 Å². The van der Waals surface area contributed by atoms with Gasteiger partial charge in [-0.3, -0.25) is 0 Å². The molecule has 0 amide bonds. The van der Waals surface area contributed by atoms with Crippen LogP contribution in [0.4, 0.5) is 0 Å². The molecule has 1 N–H and O–H groups in total. The second-order valence-corrected chi connectivity index (χ2v) is 2.91. The zero-order chi connectivity index (χ0) is 6.41. The zero-order valence-electron chi connectivity index (χ0n) is 4.02. The van der Waals surface area contributed by atoms with E-state index in [0.29, 0.717) is 0 Å². The fourth-order valence-electron chi connectivity index (χ4n) is 0.291. The van der Waals surface area contributed by atoms with Crippen LogP contribution in [0.5, 0.6) is 0 Å². The SMILES string of the molecule is CC1(OO)OC1(Cl)Cl. The molecule has 0 aromatic rings. The summed E-state index contributed by atoms with van der Waals surface area (Å²) >= 11 is 10.6. The normalized spacial score (nSPS) is 42.0. The first-order valence-electron chi connectivity index (χ1n) is 1.92. The van der Waals surface area contributed by atoms with Crippen molar-refractivity contribution in [1.82, 2.24) is 0 Å². The molecule has 0 spiro atoms. The molecule has 0 bridgehead atoms. The third-order valence-electron chi connectivity index (χ3n) is 0.984. The van der Waals surface area contributed by atoms with Gasteiger partial charge in [0.05, 0.1) is 0 Å². The highest BCUT2D eigenvalue weighted by Crippen LogP contribution is 2.54. The molecule has 0 aromatic carbocycles. The van der Waals surface area contributed by atoms with Crippen LogP contribution >= 0.6 is 23.2 Å². The quantitative estimate of drug-likeness (QED) is 0.271. The van der Waals surface area contributed by atoms with Gasteiger partial charge < -0.3 is 4.74 Å². The summed E-state index contributed by atoms with van der Waals surface area (Å²) in [6, 6.07) is 0. The molecule has 5 heteroatoms. The van der Waals surface area contributed by atoms with Crippen LogP contribution in [0.3, 0.4) is 0 Å². The molecule has 1 unspecified atom stereocenters. The van der Waals surface area contributed by atoms with Gasteiger partial charge in [0.25, 0.3) is 10.3 Å². The monoisotopic (exact) mass is 158 g/mol. The first kappa shape index (κ1) is 6.58. The van der Waals surface area contributed by atoms with Gasteiger partial charge in [-0.15, -0.1) is 0 Å². The molecule has 48 valence electrons. The van der Waals surface area contributed by atoms with Crippen LogP contribution in [0.15, 0.2) is 0 Å². The predicted molar refractivity (Wildman–Crippen MR) is 27.6 cm³/mol. The third kappa shape index (κ3) is 0.711. The minimum atomic E-state index is -1.37.